The normalized spacial score (nSPS) is 14.0. The summed E-state index contributed by atoms with van der Waals surface area (Å²) in [5, 5.41) is 15.8. The number of amides is 1. The highest BCUT2D eigenvalue weighted by atomic mass is 16.6. The maximum Gasteiger partial charge on any atom is 0.410 e. The highest BCUT2D eigenvalue weighted by Gasteiger charge is 2.27. The summed E-state index contributed by atoms with van der Waals surface area (Å²) in [4.78, 5) is 27.1. The van der Waals surface area contributed by atoms with Gasteiger partial charge in [0.25, 0.3) is 0 Å². The van der Waals surface area contributed by atoms with Crippen LogP contribution in [0.4, 0.5) is 22.1 Å². The molecule has 1 aliphatic heterocycles. The molecule has 0 aliphatic carbocycles. The third-order valence-corrected chi connectivity index (χ3v) is 5.83. The summed E-state index contributed by atoms with van der Waals surface area (Å²) in [5.41, 5.74) is 2.56. The molecule has 1 aliphatic rings. The highest BCUT2D eigenvalue weighted by molar-refractivity contribution is 5.80. The minimum absolute atomic E-state index is 0.167. The van der Waals surface area contributed by atoms with Crippen molar-refractivity contribution in [1.82, 2.24) is 19.9 Å². The Morgan fingerprint density at radius 2 is 1.76 bits per heavy atom. The number of nitriles is 1. The molecule has 0 atom stereocenters. The summed E-state index contributed by atoms with van der Waals surface area (Å²) in [6, 6.07) is 11.9. The molecule has 192 valence electrons. The van der Waals surface area contributed by atoms with E-state index in [1.807, 2.05) is 57.2 Å². The molecule has 4 rings (SSSR count). The largest absolute Gasteiger partial charge is 0.497 e. The van der Waals surface area contributed by atoms with Crippen LogP contribution >= 0.6 is 0 Å². The zero-order valence-electron chi connectivity index (χ0n) is 21.5. The lowest BCUT2D eigenvalue weighted by Crippen LogP contribution is -2.44. The number of hydrogen-bond donors (Lipinski definition) is 2. The molecule has 0 saturated carbocycles. The van der Waals surface area contributed by atoms with E-state index in [-0.39, 0.29) is 17.8 Å². The number of anilines is 3. The van der Waals surface area contributed by atoms with Gasteiger partial charge >= 0.3 is 6.09 Å². The number of nitrogens with zero attached hydrogens (tertiary/aromatic N) is 5. The number of nitrogens with one attached hydrogen (secondary N) is 2. The number of carbonyl (C=O) groups excluding carboxylic acids is 1. The van der Waals surface area contributed by atoms with Crippen molar-refractivity contribution in [1.29, 1.82) is 5.26 Å². The molecule has 0 spiro atoms. The summed E-state index contributed by atoms with van der Waals surface area (Å²) in [7, 11) is 1.64. The number of piperidine rings is 1. The first-order valence-electron chi connectivity index (χ1n) is 12.1. The number of pyridine rings is 1. The monoisotopic (exact) mass is 501 g/mol. The van der Waals surface area contributed by atoms with Crippen LogP contribution in [-0.4, -0.2) is 57.8 Å². The summed E-state index contributed by atoms with van der Waals surface area (Å²) >= 11 is 0. The number of methoxy groups -OCH3 is 1. The van der Waals surface area contributed by atoms with Gasteiger partial charge in [-0.15, -0.1) is 0 Å². The molecular formula is C27H31N7O3. The van der Waals surface area contributed by atoms with Crippen LogP contribution in [0.25, 0.3) is 11.1 Å². The Hall–Kier alpha value is -4.39. The van der Waals surface area contributed by atoms with Gasteiger partial charge in [-0.1, -0.05) is 12.1 Å². The predicted octanol–water partition coefficient (Wildman–Crippen LogP) is 4.97. The lowest BCUT2D eigenvalue weighted by atomic mass is 10.0. The number of likely N-dealkylation sites (tertiary alicyclic amines) is 1. The van der Waals surface area contributed by atoms with Crippen LogP contribution in [0.1, 0.15) is 39.3 Å². The van der Waals surface area contributed by atoms with E-state index in [9.17, 15) is 4.79 Å². The summed E-state index contributed by atoms with van der Waals surface area (Å²) < 4.78 is 10.8. The number of benzene rings is 1. The van der Waals surface area contributed by atoms with Crippen molar-refractivity contribution in [3.05, 3.63) is 54.6 Å². The Morgan fingerprint density at radius 3 is 2.35 bits per heavy atom. The molecule has 0 bridgehead atoms. The van der Waals surface area contributed by atoms with Gasteiger partial charge in [0.2, 0.25) is 0 Å². The van der Waals surface area contributed by atoms with Crippen molar-refractivity contribution in [2.24, 2.45) is 0 Å². The Bertz CT molecular complexity index is 1260. The zero-order valence-corrected chi connectivity index (χ0v) is 21.5. The molecule has 1 amide bonds. The van der Waals surface area contributed by atoms with Crippen LogP contribution in [0, 0.1) is 11.3 Å². The van der Waals surface area contributed by atoms with Crippen LogP contribution in [0.3, 0.4) is 0 Å². The quantitative estimate of drug-likeness (QED) is 0.481. The van der Waals surface area contributed by atoms with E-state index in [0.717, 1.165) is 35.4 Å². The molecule has 1 fully saturated rings. The molecule has 10 nitrogen and oxygen atoms in total. The van der Waals surface area contributed by atoms with Gasteiger partial charge in [0.15, 0.2) is 5.69 Å². The van der Waals surface area contributed by atoms with Gasteiger partial charge in [0.05, 0.1) is 19.5 Å². The maximum absolute atomic E-state index is 12.5. The van der Waals surface area contributed by atoms with E-state index < -0.39 is 5.60 Å². The van der Waals surface area contributed by atoms with Crippen molar-refractivity contribution in [3.8, 4) is 22.9 Å². The fraction of sp³-hybridized carbons (Fsp3) is 0.370. The maximum atomic E-state index is 12.5. The van der Waals surface area contributed by atoms with E-state index in [2.05, 4.69) is 25.6 Å². The third-order valence-electron chi connectivity index (χ3n) is 5.83. The van der Waals surface area contributed by atoms with E-state index in [0.29, 0.717) is 24.7 Å². The summed E-state index contributed by atoms with van der Waals surface area (Å²) in [5.74, 6) is 1.85. The van der Waals surface area contributed by atoms with Gasteiger partial charge in [0.1, 0.15) is 29.1 Å². The molecule has 10 heteroatoms. The molecule has 3 heterocycles. The van der Waals surface area contributed by atoms with Gasteiger partial charge in [-0.2, -0.15) is 5.26 Å². The lowest BCUT2D eigenvalue weighted by molar-refractivity contribution is 0.0210. The van der Waals surface area contributed by atoms with Crippen molar-refractivity contribution in [3.63, 3.8) is 0 Å². The molecule has 0 radical (unpaired) electrons. The number of aromatic nitrogens is 3. The molecular weight excluding hydrogens is 470 g/mol. The van der Waals surface area contributed by atoms with Crippen LogP contribution < -0.4 is 15.4 Å². The average molecular weight is 502 g/mol. The van der Waals surface area contributed by atoms with Crippen LogP contribution in [-0.2, 0) is 4.74 Å². The first kappa shape index (κ1) is 25.7. The predicted molar refractivity (Wildman–Crippen MR) is 141 cm³/mol. The van der Waals surface area contributed by atoms with Crippen molar-refractivity contribution < 1.29 is 14.3 Å². The standard InChI is InChI=1S/C27H31N7O3/c1-27(2,3)37-26(35)34-11-9-19(10-12-34)32-23-13-24(33-25-17-29-20(14-28)15-30-25)31-16-22(23)18-5-7-21(36-4)8-6-18/h5-8,13,15-17,19H,9-12H2,1-4H3,(H2,30,31,32,33). The molecule has 2 N–H and O–H groups in total. The Labute approximate surface area is 216 Å². The second-order valence-corrected chi connectivity index (χ2v) is 9.75. The fourth-order valence-electron chi connectivity index (χ4n) is 3.98. The molecule has 2 aromatic heterocycles. The Balaban J connectivity index is 1.53. The highest BCUT2D eigenvalue weighted by Crippen LogP contribution is 2.32. The average Bonchev–Trinajstić information content (AvgIpc) is 2.89. The summed E-state index contributed by atoms with van der Waals surface area (Å²) in [6.07, 6.45) is 6.01. The van der Waals surface area contributed by atoms with Crippen molar-refractivity contribution >= 4 is 23.4 Å². The first-order chi connectivity index (χ1) is 17.7. The molecule has 3 aromatic rings. The lowest BCUT2D eigenvalue weighted by Gasteiger charge is -2.34. The van der Waals surface area contributed by atoms with Gasteiger partial charge in [0, 0.05) is 42.6 Å². The van der Waals surface area contributed by atoms with E-state index in [1.165, 1.54) is 12.4 Å². The Kier molecular flexibility index (Phi) is 7.72. The first-order valence-corrected chi connectivity index (χ1v) is 12.1. The van der Waals surface area contributed by atoms with Crippen LogP contribution in [0.15, 0.2) is 48.9 Å². The number of hydrogen-bond acceptors (Lipinski definition) is 9. The van der Waals surface area contributed by atoms with E-state index in [1.54, 1.807) is 18.2 Å². The SMILES string of the molecule is COc1ccc(-c2cnc(Nc3cnc(C#N)cn3)cc2NC2CCN(C(=O)OC(C)(C)C)CC2)cc1. The van der Waals surface area contributed by atoms with Gasteiger partial charge in [-0.25, -0.2) is 19.7 Å². The summed E-state index contributed by atoms with van der Waals surface area (Å²) in [6.45, 7) is 6.85. The molecule has 0 unspecified atom stereocenters. The minimum atomic E-state index is -0.515. The molecule has 1 aromatic carbocycles. The van der Waals surface area contributed by atoms with E-state index in [4.69, 9.17) is 14.7 Å². The second kappa shape index (κ2) is 11.1. The number of ether oxygens (including phenoxy) is 2. The number of carbonyl (C=O) groups is 1. The van der Waals surface area contributed by atoms with Gasteiger partial charge in [-0.05, 0) is 51.3 Å². The smallest absolute Gasteiger partial charge is 0.410 e. The topological polar surface area (TPSA) is 125 Å². The molecule has 1 saturated heterocycles. The van der Waals surface area contributed by atoms with Crippen LogP contribution in [0.2, 0.25) is 0 Å². The third kappa shape index (κ3) is 6.85. The van der Waals surface area contributed by atoms with Crippen molar-refractivity contribution in [2.45, 2.75) is 45.3 Å². The zero-order chi connectivity index (χ0) is 26.4. The van der Waals surface area contributed by atoms with Gasteiger partial charge < -0.3 is 25.0 Å². The van der Waals surface area contributed by atoms with Crippen molar-refractivity contribution in [2.75, 3.05) is 30.8 Å². The second-order valence-electron chi connectivity index (χ2n) is 9.75. The van der Waals surface area contributed by atoms with Gasteiger partial charge in [-0.3, -0.25) is 0 Å². The fourth-order valence-corrected chi connectivity index (χ4v) is 3.98. The Morgan fingerprint density at radius 1 is 1.05 bits per heavy atom. The number of rotatable bonds is 6. The van der Waals surface area contributed by atoms with E-state index >= 15 is 0 Å². The molecule has 37 heavy (non-hydrogen) atoms. The minimum Gasteiger partial charge on any atom is -0.497 e. The van der Waals surface area contributed by atoms with Crippen LogP contribution in [0.5, 0.6) is 5.75 Å².